The third-order valence-corrected chi connectivity index (χ3v) is 10.3. The van der Waals surface area contributed by atoms with Gasteiger partial charge in [-0.15, -0.1) is 0 Å². The van der Waals surface area contributed by atoms with E-state index in [0.29, 0.717) is 0 Å². The molecule has 0 spiro atoms. The van der Waals surface area contributed by atoms with Crippen molar-refractivity contribution in [3.8, 4) is 16.8 Å². The van der Waals surface area contributed by atoms with E-state index in [1.807, 2.05) is 0 Å². The molecule has 0 saturated heterocycles. The van der Waals surface area contributed by atoms with Crippen molar-refractivity contribution in [2.24, 2.45) is 0 Å². The van der Waals surface area contributed by atoms with Gasteiger partial charge in [-0.3, -0.25) is 0 Å². The lowest BCUT2D eigenvalue weighted by molar-refractivity contribution is 1.18. The molecule has 4 heteroatoms. The Morgan fingerprint density at radius 3 is 1.96 bits per heavy atom. The number of benzene rings is 7. The summed E-state index contributed by atoms with van der Waals surface area (Å²) in [5.41, 5.74) is 15.2. The molecular formula is C42H26BN3. The van der Waals surface area contributed by atoms with Gasteiger partial charge in [-0.05, 0) is 65.0 Å². The second kappa shape index (κ2) is 8.80. The summed E-state index contributed by atoms with van der Waals surface area (Å²) in [6, 6.07) is 58.1. The van der Waals surface area contributed by atoms with Gasteiger partial charge in [0.15, 0.2) is 0 Å². The summed E-state index contributed by atoms with van der Waals surface area (Å²) in [5.74, 6) is 0. The van der Waals surface area contributed by atoms with Crippen LogP contribution in [0.2, 0.25) is 0 Å². The third-order valence-electron chi connectivity index (χ3n) is 10.3. The van der Waals surface area contributed by atoms with Gasteiger partial charge in [0, 0.05) is 60.9 Å². The highest BCUT2D eigenvalue weighted by molar-refractivity contribution is 6.90. The lowest BCUT2D eigenvalue weighted by Gasteiger charge is -2.40. The molecule has 0 N–H and O–H groups in total. The molecule has 4 heterocycles. The van der Waals surface area contributed by atoms with Gasteiger partial charge in [-0.25, -0.2) is 0 Å². The van der Waals surface area contributed by atoms with Crippen molar-refractivity contribution in [2.75, 3.05) is 4.90 Å². The van der Waals surface area contributed by atoms with E-state index in [9.17, 15) is 0 Å². The summed E-state index contributed by atoms with van der Waals surface area (Å²) in [6.45, 7) is 0.0791. The minimum absolute atomic E-state index is 0.0791. The van der Waals surface area contributed by atoms with Crippen LogP contribution in [0, 0.1) is 0 Å². The van der Waals surface area contributed by atoms with Gasteiger partial charge in [-0.1, -0.05) is 109 Å². The molecule has 0 unspecified atom stereocenters. The zero-order valence-corrected chi connectivity index (χ0v) is 24.9. The molecule has 9 aromatic rings. The van der Waals surface area contributed by atoms with Crippen LogP contribution in [-0.4, -0.2) is 15.9 Å². The first-order chi connectivity index (χ1) is 22.9. The van der Waals surface area contributed by atoms with Crippen molar-refractivity contribution in [2.45, 2.75) is 0 Å². The van der Waals surface area contributed by atoms with Crippen molar-refractivity contribution < 1.29 is 0 Å². The van der Waals surface area contributed by atoms with E-state index >= 15 is 0 Å². The summed E-state index contributed by atoms with van der Waals surface area (Å²) in [4.78, 5) is 2.49. The van der Waals surface area contributed by atoms with Crippen LogP contribution in [0.4, 0.5) is 17.1 Å². The Morgan fingerprint density at radius 2 is 1.07 bits per heavy atom. The molecule has 2 aliphatic heterocycles. The van der Waals surface area contributed by atoms with Crippen molar-refractivity contribution in [1.82, 2.24) is 9.05 Å². The van der Waals surface area contributed by atoms with Gasteiger partial charge in [-0.2, -0.15) is 0 Å². The van der Waals surface area contributed by atoms with Crippen molar-refractivity contribution in [1.29, 1.82) is 0 Å². The number of anilines is 3. The average molecular weight is 584 g/mol. The number of aromatic nitrogens is 2. The predicted octanol–water partition coefficient (Wildman–Crippen LogP) is 9.31. The second-order valence-corrected chi connectivity index (χ2v) is 12.5. The van der Waals surface area contributed by atoms with Crippen LogP contribution in [0.25, 0.3) is 60.4 Å². The van der Waals surface area contributed by atoms with Gasteiger partial charge in [0.05, 0.1) is 11.0 Å². The standard InChI is InChI=1S/C42H26BN3/c1-2-12-27(13-3-1)44-36-20-7-4-14-29(36)31-25-24-28(26-40(31)44)45-38-22-9-6-19-35(38)43-41-32(16-11-23-39(41)45)34-18-10-17-33-30-15-5-8-21-37(30)46(43)42(33)34/h1-26H. The smallest absolute Gasteiger partial charge is 0.333 e. The summed E-state index contributed by atoms with van der Waals surface area (Å²) >= 11 is 0. The molecule has 7 aromatic carbocycles. The van der Waals surface area contributed by atoms with E-state index in [2.05, 4.69) is 172 Å². The normalized spacial score (nSPS) is 13.1. The first-order valence-electron chi connectivity index (χ1n) is 16.0. The molecule has 0 atom stereocenters. The van der Waals surface area contributed by atoms with Crippen LogP contribution < -0.4 is 15.8 Å². The highest BCUT2D eigenvalue weighted by Crippen LogP contribution is 2.45. The lowest BCUT2D eigenvalue weighted by atomic mass is 9.45. The molecule has 2 aromatic heterocycles. The molecule has 3 nitrogen and oxygen atoms in total. The van der Waals surface area contributed by atoms with E-state index in [4.69, 9.17) is 0 Å². The summed E-state index contributed by atoms with van der Waals surface area (Å²) in [5, 5.41) is 5.16. The Kier molecular flexibility index (Phi) is 4.66. The molecule has 11 rings (SSSR count). The van der Waals surface area contributed by atoms with Gasteiger partial charge < -0.3 is 13.9 Å². The Labute approximate surface area is 266 Å². The van der Waals surface area contributed by atoms with Crippen LogP contribution in [-0.2, 0) is 0 Å². The number of hydrogen-bond acceptors (Lipinski definition) is 1. The van der Waals surface area contributed by atoms with Gasteiger partial charge in [0.25, 0.3) is 0 Å². The van der Waals surface area contributed by atoms with Crippen LogP contribution in [0.3, 0.4) is 0 Å². The van der Waals surface area contributed by atoms with Crippen molar-refractivity contribution in [3.63, 3.8) is 0 Å². The fourth-order valence-corrected chi connectivity index (χ4v) is 8.52. The van der Waals surface area contributed by atoms with E-state index in [0.717, 1.165) is 5.69 Å². The quantitative estimate of drug-likeness (QED) is 0.185. The minimum Gasteiger partial charge on any atom is -0.375 e. The molecule has 0 fully saturated rings. The second-order valence-electron chi connectivity index (χ2n) is 12.5. The Morgan fingerprint density at radius 1 is 0.413 bits per heavy atom. The number of para-hydroxylation sites is 5. The Bertz CT molecular complexity index is 2720. The summed E-state index contributed by atoms with van der Waals surface area (Å²) < 4.78 is 5.02. The van der Waals surface area contributed by atoms with Gasteiger partial charge in [0.2, 0.25) is 0 Å². The molecular weight excluding hydrogens is 557 g/mol. The number of rotatable bonds is 2. The van der Waals surface area contributed by atoms with Crippen molar-refractivity contribution >= 4 is 78.4 Å². The van der Waals surface area contributed by atoms with E-state index in [1.165, 1.54) is 82.7 Å². The fraction of sp³-hybridized carbons (Fsp3) is 0. The maximum Gasteiger partial charge on any atom is 0.333 e. The van der Waals surface area contributed by atoms with Gasteiger partial charge >= 0.3 is 6.85 Å². The van der Waals surface area contributed by atoms with Crippen LogP contribution >= 0.6 is 0 Å². The number of hydrogen-bond donors (Lipinski definition) is 0. The topological polar surface area (TPSA) is 13.1 Å². The molecule has 2 aliphatic rings. The van der Waals surface area contributed by atoms with Crippen molar-refractivity contribution in [3.05, 3.63) is 158 Å². The number of fused-ring (bicyclic) bond motifs is 10. The molecule has 0 amide bonds. The fourth-order valence-electron chi connectivity index (χ4n) is 8.52. The number of nitrogens with zero attached hydrogens (tertiary/aromatic N) is 3. The largest absolute Gasteiger partial charge is 0.375 e. The van der Waals surface area contributed by atoms with Crippen LogP contribution in [0.15, 0.2) is 158 Å². The first kappa shape index (κ1) is 24.3. The SMILES string of the molecule is c1ccc(-n2c3ccccc3c3ccc(N4c5ccccc5B5c6c(cccc64)-c4cccc6c7ccccc7n5c46)cc32)cc1. The highest BCUT2D eigenvalue weighted by atomic mass is 15.2. The molecule has 0 saturated carbocycles. The lowest BCUT2D eigenvalue weighted by Crippen LogP contribution is -2.56. The molecule has 0 bridgehead atoms. The van der Waals surface area contributed by atoms with E-state index in [-0.39, 0.29) is 6.85 Å². The monoisotopic (exact) mass is 583 g/mol. The van der Waals surface area contributed by atoms with Crippen LogP contribution in [0.1, 0.15) is 0 Å². The maximum absolute atomic E-state index is 2.61. The Balaban J connectivity index is 1.23. The third kappa shape index (κ3) is 2.99. The summed E-state index contributed by atoms with van der Waals surface area (Å²) in [7, 11) is 0. The van der Waals surface area contributed by atoms with E-state index in [1.54, 1.807) is 0 Å². The average Bonchev–Trinajstić information content (AvgIpc) is 3.63. The summed E-state index contributed by atoms with van der Waals surface area (Å²) in [6.07, 6.45) is 0. The molecule has 0 radical (unpaired) electrons. The minimum atomic E-state index is 0.0791. The molecule has 46 heavy (non-hydrogen) atoms. The zero-order valence-electron chi connectivity index (χ0n) is 24.9. The Hall–Kier alpha value is -6.00. The predicted molar refractivity (Wildman–Crippen MR) is 194 cm³/mol. The zero-order chi connectivity index (χ0) is 29.9. The first-order valence-corrected chi connectivity index (χ1v) is 16.0. The highest BCUT2D eigenvalue weighted by Gasteiger charge is 2.42. The van der Waals surface area contributed by atoms with Crippen LogP contribution in [0.5, 0.6) is 0 Å². The van der Waals surface area contributed by atoms with E-state index < -0.39 is 0 Å². The molecule has 0 aliphatic carbocycles. The molecule has 212 valence electrons. The maximum atomic E-state index is 2.61. The van der Waals surface area contributed by atoms with Gasteiger partial charge in [0.1, 0.15) is 0 Å².